The van der Waals surface area contributed by atoms with Crippen molar-refractivity contribution in [2.24, 2.45) is 0 Å². The summed E-state index contributed by atoms with van der Waals surface area (Å²) in [5, 5.41) is 6.63. The van der Waals surface area contributed by atoms with Crippen molar-refractivity contribution in [1.82, 2.24) is 10.3 Å². The maximum atomic E-state index is 4.56. The van der Waals surface area contributed by atoms with Gasteiger partial charge in [-0.15, -0.1) is 11.3 Å². The Hall–Kier alpha value is -0.410. The van der Waals surface area contributed by atoms with Gasteiger partial charge in [0.25, 0.3) is 0 Å². The van der Waals surface area contributed by atoms with Gasteiger partial charge >= 0.3 is 0 Å². The van der Waals surface area contributed by atoms with Crippen molar-refractivity contribution in [3.05, 3.63) is 16.1 Å². The minimum atomic E-state index is 1.09. The van der Waals surface area contributed by atoms with Gasteiger partial charge in [-0.05, 0) is 26.4 Å². The van der Waals surface area contributed by atoms with E-state index in [1.54, 1.807) is 11.3 Å². The van der Waals surface area contributed by atoms with E-state index in [0.29, 0.717) is 0 Å². The molecule has 0 atom stereocenters. The quantitative estimate of drug-likeness (QED) is 0.709. The summed E-state index contributed by atoms with van der Waals surface area (Å²) in [6, 6.07) is 0. The van der Waals surface area contributed by atoms with Crippen molar-refractivity contribution >= 4 is 11.3 Å². The molecule has 0 aliphatic carbocycles. The number of rotatable bonds is 6. The van der Waals surface area contributed by atoms with Crippen LogP contribution in [0.3, 0.4) is 0 Å². The summed E-state index contributed by atoms with van der Waals surface area (Å²) in [6.07, 6.45) is 4.63. The summed E-state index contributed by atoms with van der Waals surface area (Å²) in [7, 11) is 1.99. The van der Waals surface area contributed by atoms with Crippen molar-refractivity contribution in [3.8, 4) is 0 Å². The first-order valence-corrected chi connectivity index (χ1v) is 5.82. The molecule has 74 valence electrons. The van der Waals surface area contributed by atoms with Crippen molar-refractivity contribution in [3.63, 3.8) is 0 Å². The van der Waals surface area contributed by atoms with Crippen LogP contribution in [0.25, 0.3) is 0 Å². The monoisotopic (exact) mass is 198 g/mol. The zero-order valence-corrected chi connectivity index (χ0v) is 9.28. The van der Waals surface area contributed by atoms with Gasteiger partial charge in [-0.3, -0.25) is 0 Å². The van der Waals surface area contributed by atoms with Crippen molar-refractivity contribution in [1.29, 1.82) is 0 Å². The maximum absolute atomic E-state index is 4.56. The number of aromatic nitrogens is 1. The zero-order chi connectivity index (χ0) is 9.52. The highest BCUT2D eigenvalue weighted by Gasteiger charge is 2.00. The van der Waals surface area contributed by atoms with Crippen molar-refractivity contribution in [2.75, 3.05) is 13.6 Å². The van der Waals surface area contributed by atoms with Gasteiger partial charge in [0.1, 0.15) is 0 Å². The first-order chi connectivity index (χ1) is 6.36. The first-order valence-electron chi connectivity index (χ1n) is 4.94. The van der Waals surface area contributed by atoms with Gasteiger partial charge in [0, 0.05) is 11.8 Å². The molecule has 0 bridgehead atoms. The molecule has 1 N–H and O–H groups in total. The molecule has 1 aromatic rings. The van der Waals surface area contributed by atoms with E-state index in [4.69, 9.17) is 0 Å². The average molecular weight is 198 g/mol. The summed E-state index contributed by atoms with van der Waals surface area (Å²) in [5.74, 6) is 0. The lowest BCUT2D eigenvalue weighted by molar-refractivity contribution is 0.720. The Morgan fingerprint density at radius 2 is 2.31 bits per heavy atom. The Labute approximate surface area is 84.4 Å². The fraction of sp³-hybridized carbons (Fsp3) is 0.700. The summed E-state index contributed by atoms with van der Waals surface area (Å²) in [5.41, 5.74) is 1.27. The van der Waals surface area contributed by atoms with Crippen LogP contribution in [0.4, 0.5) is 0 Å². The standard InChI is InChI=1S/C10H18N2S/c1-3-5-9-8-13-10(12-9)6-4-7-11-2/h8,11H,3-7H2,1-2H3. The Bertz CT molecular complexity index is 233. The molecule has 0 aromatic carbocycles. The van der Waals surface area contributed by atoms with E-state index in [0.717, 1.165) is 19.4 Å². The smallest absolute Gasteiger partial charge is 0.0928 e. The van der Waals surface area contributed by atoms with E-state index in [9.17, 15) is 0 Å². The molecule has 1 rings (SSSR count). The highest BCUT2D eigenvalue weighted by atomic mass is 32.1. The second kappa shape index (κ2) is 6.11. The molecule has 0 unspecified atom stereocenters. The van der Waals surface area contributed by atoms with Crippen molar-refractivity contribution < 1.29 is 0 Å². The number of nitrogens with one attached hydrogen (secondary N) is 1. The van der Waals surface area contributed by atoms with Gasteiger partial charge in [0.2, 0.25) is 0 Å². The zero-order valence-electron chi connectivity index (χ0n) is 8.47. The number of hydrogen-bond acceptors (Lipinski definition) is 3. The van der Waals surface area contributed by atoms with Crippen molar-refractivity contribution in [2.45, 2.75) is 32.6 Å². The number of aryl methyl sites for hydroxylation is 2. The third kappa shape index (κ3) is 3.87. The van der Waals surface area contributed by atoms with Gasteiger partial charge in [-0.1, -0.05) is 13.3 Å². The van der Waals surface area contributed by atoms with Crippen LogP contribution < -0.4 is 5.32 Å². The van der Waals surface area contributed by atoms with Gasteiger partial charge in [0.15, 0.2) is 0 Å². The lowest BCUT2D eigenvalue weighted by Crippen LogP contribution is -2.08. The van der Waals surface area contributed by atoms with Gasteiger partial charge < -0.3 is 5.32 Å². The molecule has 0 aliphatic rings. The first kappa shape index (κ1) is 10.7. The Kier molecular flexibility index (Phi) is 5.01. The van der Waals surface area contributed by atoms with E-state index in [-0.39, 0.29) is 0 Å². The molecule has 0 spiro atoms. The largest absolute Gasteiger partial charge is 0.320 e. The Balaban J connectivity index is 2.31. The molecule has 3 heteroatoms. The van der Waals surface area contributed by atoms with Crippen LogP contribution in [0.2, 0.25) is 0 Å². The van der Waals surface area contributed by atoms with E-state index in [2.05, 4.69) is 22.6 Å². The fourth-order valence-corrected chi connectivity index (χ4v) is 2.13. The molecule has 0 radical (unpaired) electrons. The van der Waals surface area contributed by atoms with Gasteiger partial charge in [0.05, 0.1) is 10.7 Å². The third-order valence-corrected chi connectivity index (χ3v) is 2.88. The third-order valence-electron chi connectivity index (χ3n) is 1.92. The molecular formula is C10H18N2S. The topological polar surface area (TPSA) is 24.9 Å². The lowest BCUT2D eigenvalue weighted by Gasteiger charge is -1.95. The van der Waals surface area contributed by atoms with Gasteiger partial charge in [-0.2, -0.15) is 0 Å². The minimum Gasteiger partial charge on any atom is -0.320 e. The highest BCUT2D eigenvalue weighted by Crippen LogP contribution is 2.12. The van der Waals surface area contributed by atoms with Crippen LogP contribution in [0, 0.1) is 0 Å². The fourth-order valence-electron chi connectivity index (χ4n) is 1.25. The maximum Gasteiger partial charge on any atom is 0.0928 e. The molecule has 0 amide bonds. The minimum absolute atomic E-state index is 1.09. The normalized spacial score (nSPS) is 10.6. The number of thiazole rings is 1. The molecule has 1 aromatic heterocycles. The predicted molar refractivity (Wildman–Crippen MR) is 58.4 cm³/mol. The Morgan fingerprint density at radius 1 is 1.46 bits per heavy atom. The molecule has 0 aliphatic heterocycles. The molecule has 1 heterocycles. The highest BCUT2D eigenvalue weighted by molar-refractivity contribution is 7.09. The van der Waals surface area contributed by atoms with Crippen LogP contribution in [0.15, 0.2) is 5.38 Å². The van der Waals surface area contributed by atoms with Gasteiger partial charge in [-0.25, -0.2) is 4.98 Å². The van der Waals surface area contributed by atoms with E-state index in [1.807, 2.05) is 7.05 Å². The SMILES string of the molecule is CCCc1csc(CCCNC)n1. The lowest BCUT2D eigenvalue weighted by atomic mass is 10.3. The predicted octanol–water partition coefficient (Wildman–Crippen LogP) is 2.25. The second-order valence-corrected chi connectivity index (χ2v) is 4.13. The van der Waals surface area contributed by atoms with Crippen LogP contribution in [0.1, 0.15) is 30.5 Å². The van der Waals surface area contributed by atoms with Crippen LogP contribution >= 0.6 is 11.3 Å². The molecule has 0 fully saturated rings. The number of nitrogens with zero attached hydrogens (tertiary/aromatic N) is 1. The van der Waals surface area contributed by atoms with Crippen LogP contribution in [0.5, 0.6) is 0 Å². The van der Waals surface area contributed by atoms with Crippen LogP contribution in [-0.4, -0.2) is 18.6 Å². The summed E-state index contributed by atoms with van der Waals surface area (Å²) in [4.78, 5) is 4.56. The summed E-state index contributed by atoms with van der Waals surface area (Å²) in [6.45, 7) is 3.28. The number of hydrogen-bond donors (Lipinski definition) is 1. The Morgan fingerprint density at radius 3 is 3.00 bits per heavy atom. The summed E-state index contributed by atoms with van der Waals surface area (Å²) < 4.78 is 0. The summed E-state index contributed by atoms with van der Waals surface area (Å²) >= 11 is 1.80. The van der Waals surface area contributed by atoms with E-state index >= 15 is 0 Å². The van der Waals surface area contributed by atoms with E-state index < -0.39 is 0 Å². The second-order valence-electron chi connectivity index (χ2n) is 3.19. The van der Waals surface area contributed by atoms with Crippen LogP contribution in [-0.2, 0) is 12.8 Å². The molecular weight excluding hydrogens is 180 g/mol. The molecule has 0 saturated heterocycles. The average Bonchev–Trinajstić information content (AvgIpc) is 2.54. The molecule has 13 heavy (non-hydrogen) atoms. The molecule has 2 nitrogen and oxygen atoms in total. The molecule has 0 saturated carbocycles. The van der Waals surface area contributed by atoms with E-state index in [1.165, 1.54) is 23.5 Å².